The molecule has 1 N–H and O–H groups in total. The van der Waals surface area contributed by atoms with Crippen LogP contribution in [0.5, 0.6) is 5.75 Å². The highest BCUT2D eigenvalue weighted by Crippen LogP contribution is 2.24. The Morgan fingerprint density at radius 1 is 1.26 bits per heavy atom. The fourth-order valence-corrected chi connectivity index (χ4v) is 2.84. The van der Waals surface area contributed by atoms with Crippen LogP contribution >= 0.6 is 0 Å². The van der Waals surface area contributed by atoms with Crippen LogP contribution in [0.15, 0.2) is 28.9 Å². The normalized spacial score (nSPS) is 10.9. The fraction of sp³-hybridized carbons (Fsp3) is 0.350. The van der Waals surface area contributed by atoms with Crippen LogP contribution in [-0.2, 0) is 13.2 Å². The first-order valence-corrected chi connectivity index (χ1v) is 8.90. The van der Waals surface area contributed by atoms with Gasteiger partial charge in [0.1, 0.15) is 18.1 Å². The van der Waals surface area contributed by atoms with Gasteiger partial charge in [-0.25, -0.2) is 0 Å². The summed E-state index contributed by atoms with van der Waals surface area (Å²) in [6.45, 7) is 10.7. The number of carbonyl (C=O) groups excluding carboxylic acids is 1. The highest BCUT2D eigenvalue weighted by molar-refractivity contribution is 6.04. The van der Waals surface area contributed by atoms with Crippen LogP contribution in [0.4, 0.5) is 5.69 Å². The zero-order chi connectivity index (χ0) is 19.6. The molecule has 1 amide bonds. The Morgan fingerprint density at radius 3 is 2.74 bits per heavy atom. The van der Waals surface area contributed by atoms with Gasteiger partial charge in [-0.2, -0.15) is 5.10 Å². The Morgan fingerprint density at radius 2 is 2.04 bits per heavy atom. The molecule has 0 aliphatic heterocycles. The van der Waals surface area contributed by atoms with Crippen LogP contribution in [0.25, 0.3) is 0 Å². The average Bonchev–Trinajstić information content (AvgIpc) is 3.19. The molecule has 2 aromatic heterocycles. The van der Waals surface area contributed by atoms with E-state index in [0.29, 0.717) is 17.0 Å². The van der Waals surface area contributed by atoms with E-state index in [2.05, 4.69) is 15.6 Å². The first kappa shape index (κ1) is 18.7. The zero-order valence-electron chi connectivity index (χ0n) is 16.3. The minimum absolute atomic E-state index is 0.204. The third-order valence-corrected chi connectivity index (χ3v) is 4.78. The average molecular weight is 368 g/mol. The Labute approximate surface area is 158 Å². The molecule has 0 aliphatic rings. The van der Waals surface area contributed by atoms with Crippen molar-refractivity contribution < 1.29 is 14.1 Å². The number of hydrogen-bond donors (Lipinski definition) is 1. The van der Waals surface area contributed by atoms with Crippen LogP contribution in [-0.4, -0.2) is 20.8 Å². The number of amides is 1. The van der Waals surface area contributed by atoms with Crippen molar-refractivity contribution in [2.75, 3.05) is 5.32 Å². The summed E-state index contributed by atoms with van der Waals surface area (Å²) in [5.41, 5.74) is 4.62. The largest absolute Gasteiger partial charge is 0.488 e. The smallest absolute Gasteiger partial charge is 0.278 e. The van der Waals surface area contributed by atoms with Gasteiger partial charge in [0.2, 0.25) is 0 Å². The molecule has 0 unspecified atom stereocenters. The molecular weight excluding hydrogens is 344 g/mol. The van der Waals surface area contributed by atoms with Gasteiger partial charge in [-0.3, -0.25) is 9.48 Å². The quantitative estimate of drug-likeness (QED) is 0.712. The molecule has 0 radical (unpaired) electrons. The third kappa shape index (κ3) is 3.72. The molecule has 27 heavy (non-hydrogen) atoms. The van der Waals surface area contributed by atoms with Crippen LogP contribution in [0, 0.1) is 27.7 Å². The van der Waals surface area contributed by atoms with E-state index in [1.165, 1.54) is 0 Å². The molecule has 0 fully saturated rings. The second-order valence-corrected chi connectivity index (χ2v) is 6.47. The molecule has 7 heteroatoms. The summed E-state index contributed by atoms with van der Waals surface area (Å²) in [5.74, 6) is 0.999. The molecule has 0 spiro atoms. The molecule has 3 aromatic rings. The lowest BCUT2D eigenvalue weighted by Crippen LogP contribution is -2.16. The maximum atomic E-state index is 12.7. The van der Waals surface area contributed by atoms with Crippen molar-refractivity contribution >= 4 is 11.6 Å². The number of rotatable bonds is 6. The number of aryl methyl sites for hydroxylation is 3. The summed E-state index contributed by atoms with van der Waals surface area (Å²) >= 11 is 0. The summed E-state index contributed by atoms with van der Waals surface area (Å²) < 4.78 is 13.0. The maximum absolute atomic E-state index is 12.7. The number of aromatic nitrogens is 3. The molecule has 0 saturated carbocycles. The Hall–Kier alpha value is -3.09. The van der Waals surface area contributed by atoms with E-state index in [1.54, 1.807) is 13.1 Å². The minimum Gasteiger partial charge on any atom is -0.488 e. The maximum Gasteiger partial charge on any atom is 0.278 e. The van der Waals surface area contributed by atoms with E-state index in [9.17, 15) is 4.79 Å². The van der Waals surface area contributed by atoms with Gasteiger partial charge >= 0.3 is 0 Å². The molecule has 0 bridgehead atoms. The summed E-state index contributed by atoms with van der Waals surface area (Å²) in [6.07, 6.45) is 1.63. The van der Waals surface area contributed by atoms with Gasteiger partial charge in [-0.15, -0.1) is 0 Å². The van der Waals surface area contributed by atoms with Crippen molar-refractivity contribution in [2.45, 2.75) is 47.8 Å². The summed E-state index contributed by atoms with van der Waals surface area (Å²) in [4.78, 5) is 12.7. The SMILES string of the molecule is CCn1ncc(NC(=O)c2noc(C)c2COc2cccc(C)c2C)c1C. The number of ether oxygens (including phenoxy) is 1. The first-order valence-electron chi connectivity index (χ1n) is 8.90. The van der Waals surface area contributed by atoms with Crippen molar-refractivity contribution in [1.82, 2.24) is 14.9 Å². The van der Waals surface area contributed by atoms with Gasteiger partial charge < -0.3 is 14.6 Å². The summed E-state index contributed by atoms with van der Waals surface area (Å²) in [7, 11) is 0. The van der Waals surface area contributed by atoms with Crippen LogP contribution in [0.1, 0.15) is 45.6 Å². The van der Waals surface area contributed by atoms with Crippen molar-refractivity contribution in [1.29, 1.82) is 0 Å². The molecule has 0 atom stereocenters. The molecule has 0 aliphatic carbocycles. The van der Waals surface area contributed by atoms with E-state index in [-0.39, 0.29) is 18.2 Å². The predicted octanol–water partition coefficient (Wildman–Crippen LogP) is 3.96. The topological polar surface area (TPSA) is 82.2 Å². The van der Waals surface area contributed by atoms with Crippen LogP contribution in [0.2, 0.25) is 0 Å². The zero-order valence-corrected chi connectivity index (χ0v) is 16.3. The Balaban J connectivity index is 1.78. The number of benzene rings is 1. The highest BCUT2D eigenvalue weighted by atomic mass is 16.5. The molecular formula is C20H24N4O3. The van der Waals surface area contributed by atoms with Gasteiger partial charge in [0.05, 0.1) is 23.1 Å². The van der Waals surface area contributed by atoms with E-state index in [1.807, 2.05) is 50.6 Å². The predicted molar refractivity (Wildman–Crippen MR) is 102 cm³/mol. The van der Waals surface area contributed by atoms with Crippen LogP contribution in [0.3, 0.4) is 0 Å². The molecule has 1 aromatic carbocycles. The first-order chi connectivity index (χ1) is 12.9. The number of carbonyl (C=O) groups is 1. The monoisotopic (exact) mass is 368 g/mol. The van der Waals surface area contributed by atoms with Gasteiger partial charge in [0.15, 0.2) is 5.69 Å². The molecule has 7 nitrogen and oxygen atoms in total. The summed E-state index contributed by atoms with van der Waals surface area (Å²) in [6, 6.07) is 5.89. The van der Waals surface area contributed by atoms with E-state index in [0.717, 1.165) is 29.1 Å². The second kappa shape index (κ2) is 7.65. The number of hydrogen-bond acceptors (Lipinski definition) is 5. The molecule has 142 valence electrons. The van der Waals surface area contributed by atoms with E-state index < -0.39 is 0 Å². The van der Waals surface area contributed by atoms with E-state index in [4.69, 9.17) is 9.26 Å². The highest BCUT2D eigenvalue weighted by Gasteiger charge is 2.22. The second-order valence-electron chi connectivity index (χ2n) is 6.47. The standard InChI is InChI=1S/C20H24N4O3/c1-6-24-14(4)17(10-21-24)22-20(25)19-16(15(5)27-23-19)11-26-18-9-7-8-12(2)13(18)3/h7-10H,6,11H2,1-5H3,(H,22,25). The Bertz CT molecular complexity index is 972. The van der Waals surface area contributed by atoms with Gasteiger partial charge in [0.25, 0.3) is 5.91 Å². The van der Waals surface area contributed by atoms with Crippen molar-refractivity contribution in [3.63, 3.8) is 0 Å². The summed E-state index contributed by atoms with van der Waals surface area (Å²) in [5, 5.41) is 11.0. The molecule has 3 rings (SSSR count). The lowest BCUT2D eigenvalue weighted by atomic mass is 10.1. The van der Waals surface area contributed by atoms with Crippen LogP contribution < -0.4 is 10.1 Å². The molecule has 0 saturated heterocycles. The number of nitrogens with zero attached hydrogens (tertiary/aromatic N) is 3. The lowest BCUT2D eigenvalue weighted by Gasteiger charge is -2.11. The fourth-order valence-electron chi connectivity index (χ4n) is 2.84. The third-order valence-electron chi connectivity index (χ3n) is 4.78. The van der Waals surface area contributed by atoms with Gasteiger partial charge in [-0.1, -0.05) is 17.3 Å². The number of anilines is 1. The molecule has 2 heterocycles. The van der Waals surface area contributed by atoms with E-state index >= 15 is 0 Å². The lowest BCUT2D eigenvalue weighted by molar-refractivity contribution is 0.101. The van der Waals surface area contributed by atoms with Gasteiger partial charge in [-0.05, 0) is 51.8 Å². The van der Waals surface area contributed by atoms with Gasteiger partial charge in [0, 0.05) is 6.54 Å². The minimum atomic E-state index is -0.342. The van der Waals surface area contributed by atoms with Crippen molar-refractivity contribution in [2.24, 2.45) is 0 Å². The van der Waals surface area contributed by atoms with Crippen molar-refractivity contribution in [3.05, 3.63) is 58.2 Å². The number of nitrogens with one attached hydrogen (secondary N) is 1. The van der Waals surface area contributed by atoms with Crippen molar-refractivity contribution in [3.8, 4) is 5.75 Å². The Kier molecular flexibility index (Phi) is 5.30.